The Labute approximate surface area is 277 Å². The fourth-order valence-corrected chi connectivity index (χ4v) is 4.50. The molecule has 0 saturated heterocycles. The first kappa shape index (κ1) is 34.6. The Morgan fingerprint density at radius 3 is 1.77 bits per heavy atom. The van der Waals surface area contributed by atoms with Crippen LogP contribution in [0.5, 0.6) is 11.5 Å². The lowest BCUT2D eigenvalue weighted by Crippen LogP contribution is -2.07. The van der Waals surface area contributed by atoms with Crippen LogP contribution < -0.4 is 9.47 Å². The third-order valence-corrected chi connectivity index (χ3v) is 6.90. The number of aliphatic imine (C=N–C) groups is 2. The fourth-order valence-electron chi connectivity index (χ4n) is 4.50. The Morgan fingerprint density at radius 1 is 0.638 bits per heavy atom. The summed E-state index contributed by atoms with van der Waals surface area (Å²) in [5.74, 6) is 6.46. The van der Waals surface area contributed by atoms with Crippen LogP contribution in [0.2, 0.25) is 0 Å². The molecule has 2 heterocycles. The van der Waals surface area contributed by atoms with Crippen LogP contribution in [0.25, 0.3) is 0 Å². The van der Waals surface area contributed by atoms with Gasteiger partial charge in [0, 0.05) is 24.7 Å². The second kappa shape index (κ2) is 20.7. The second-order valence-electron chi connectivity index (χ2n) is 10.4. The van der Waals surface area contributed by atoms with E-state index in [1.165, 1.54) is 0 Å². The third kappa shape index (κ3) is 12.9. The normalized spacial score (nSPS) is 12.4. The van der Waals surface area contributed by atoms with Crippen molar-refractivity contribution in [1.82, 2.24) is 9.97 Å². The summed E-state index contributed by atoms with van der Waals surface area (Å²) in [6.07, 6.45) is 20.3. The molecule has 4 aromatic rings. The first-order valence-electron chi connectivity index (χ1n) is 15.6. The zero-order chi connectivity index (χ0) is 32.8. The summed E-state index contributed by atoms with van der Waals surface area (Å²) in [5, 5.41) is 0. The quantitative estimate of drug-likeness (QED) is 0.0613. The van der Waals surface area contributed by atoms with Crippen molar-refractivity contribution in [3.63, 3.8) is 0 Å². The van der Waals surface area contributed by atoms with E-state index in [9.17, 15) is 0 Å². The lowest BCUT2D eigenvalue weighted by molar-refractivity contribution is 0.152. The molecule has 0 fully saturated rings. The molecule has 4 rings (SSSR count). The molecule has 8 nitrogen and oxygen atoms in total. The molecule has 0 aliphatic heterocycles. The van der Waals surface area contributed by atoms with Crippen LogP contribution in [0.3, 0.4) is 0 Å². The zero-order valence-corrected chi connectivity index (χ0v) is 26.5. The van der Waals surface area contributed by atoms with Gasteiger partial charge in [-0.15, -0.1) is 12.8 Å². The van der Waals surface area contributed by atoms with Crippen LogP contribution in [0.4, 0.5) is 0 Å². The number of aromatic nitrogens is 2. The van der Waals surface area contributed by atoms with Crippen molar-refractivity contribution >= 4 is 12.4 Å². The SMILES string of the molecule is C#CCOC[C@H](N=Cc1ccc(OCCCCCOc2ccnc(C=N[C@H](COCC#C)c3ccccc3)c2)cn1)c1ccccc1. The van der Waals surface area contributed by atoms with Crippen molar-refractivity contribution in [3.05, 3.63) is 120 Å². The lowest BCUT2D eigenvalue weighted by Gasteiger charge is -2.12. The topological polar surface area (TPSA) is 87.4 Å². The predicted molar refractivity (Wildman–Crippen MR) is 186 cm³/mol. The van der Waals surface area contributed by atoms with Gasteiger partial charge in [0.05, 0.1) is 56.1 Å². The van der Waals surface area contributed by atoms with Gasteiger partial charge in [-0.1, -0.05) is 72.5 Å². The monoisotopic (exact) mass is 628 g/mol. The number of benzene rings is 2. The summed E-state index contributed by atoms with van der Waals surface area (Å²) in [6, 6.07) is 27.1. The van der Waals surface area contributed by atoms with Crippen LogP contribution in [-0.4, -0.2) is 62.0 Å². The molecule has 47 heavy (non-hydrogen) atoms. The van der Waals surface area contributed by atoms with Crippen molar-refractivity contribution in [2.75, 3.05) is 39.6 Å². The van der Waals surface area contributed by atoms with Gasteiger partial charge >= 0.3 is 0 Å². The van der Waals surface area contributed by atoms with E-state index in [-0.39, 0.29) is 25.3 Å². The van der Waals surface area contributed by atoms with E-state index in [2.05, 4.69) is 26.8 Å². The fraction of sp³-hybridized carbons (Fsp3) is 0.282. The molecule has 0 spiro atoms. The Morgan fingerprint density at radius 2 is 1.21 bits per heavy atom. The van der Waals surface area contributed by atoms with E-state index in [1.54, 1.807) is 24.8 Å². The smallest absolute Gasteiger partial charge is 0.137 e. The summed E-state index contributed by atoms with van der Waals surface area (Å²) in [4.78, 5) is 18.3. The first-order chi connectivity index (χ1) is 23.2. The standard InChI is InChI=1S/C39H40N4O4/c1-3-22-44-30-38(32-14-8-5-9-15-32)42-27-34-18-19-37(29-41-34)47-25-13-7-12-24-46-36-20-21-40-35(26-36)28-43-39(31-45-23-4-2)33-16-10-6-11-17-33/h1-2,5-6,8-11,14-21,26-29,38-39H,7,12-13,22-25,30-31H2/t38-,39+/m0/s1. The number of rotatable bonds is 20. The zero-order valence-electron chi connectivity index (χ0n) is 26.5. The maximum atomic E-state index is 5.96. The molecule has 240 valence electrons. The summed E-state index contributed by atoms with van der Waals surface area (Å²) in [5.41, 5.74) is 3.55. The van der Waals surface area contributed by atoms with Crippen molar-refractivity contribution in [2.24, 2.45) is 9.98 Å². The van der Waals surface area contributed by atoms with E-state index in [0.29, 0.717) is 32.1 Å². The molecule has 0 aliphatic rings. The molecule has 0 aliphatic carbocycles. The van der Waals surface area contributed by atoms with E-state index in [4.69, 9.17) is 36.8 Å². The molecule has 2 aromatic heterocycles. The second-order valence-corrected chi connectivity index (χ2v) is 10.4. The highest BCUT2D eigenvalue weighted by atomic mass is 16.5. The van der Waals surface area contributed by atoms with Crippen molar-refractivity contribution in [1.29, 1.82) is 0 Å². The largest absolute Gasteiger partial charge is 0.493 e. The molecule has 0 amide bonds. The van der Waals surface area contributed by atoms with E-state index >= 15 is 0 Å². The molecule has 0 saturated carbocycles. The minimum Gasteiger partial charge on any atom is -0.493 e. The van der Waals surface area contributed by atoms with Gasteiger partial charge in [-0.2, -0.15) is 0 Å². The Kier molecular flexibility index (Phi) is 15.2. The Hall–Kier alpha value is -5.28. The van der Waals surface area contributed by atoms with Gasteiger partial charge < -0.3 is 18.9 Å². The average Bonchev–Trinajstić information content (AvgIpc) is 3.12. The number of hydrogen-bond acceptors (Lipinski definition) is 8. The number of nitrogens with zero attached hydrogens (tertiary/aromatic N) is 4. The highest BCUT2D eigenvalue weighted by molar-refractivity contribution is 5.78. The molecular formula is C39H40N4O4. The molecule has 0 radical (unpaired) electrons. The minimum absolute atomic E-state index is 0.163. The molecule has 2 aromatic carbocycles. The van der Waals surface area contributed by atoms with Crippen LogP contribution in [0.15, 0.2) is 107 Å². The van der Waals surface area contributed by atoms with Gasteiger partial charge in [0.25, 0.3) is 0 Å². The number of ether oxygens (including phenoxy) is 4. The molecule has 0 N–H and O–H groups in total. The van der Waals surface area contributed by atoms with Crippen LogP contribution in [0, 0.1) is 24.7 Å². The maximum Gasteiger partial charge on any atom is 0.137 e. The van der Waals surface area contributed by atoms with Crippen molar-refractivity contribution in [3.8, 4) is 36.2 Å². The van der Waals surface area contributed by atoms with Crippen molar-refractivity contribution in [2.45, 2.75) is 31.3 Å². The summed E-state index contributed by atoms with van der Waals surface area (Å²) >= 11 is 0. The van der Waals surface area contributed by atoms with Gasteiger partial charge in [-0.05, 0) is 48.6 Å². The number of unbranched alkanes of at least 4 members (excludes halogenated alkanes) is 2. The van der Waals surface area contributed by atoms with Crippen LogP contribution in [-0.2, 0) is 9.47 Å². The van der Waals surface area contributed by atoms with Gasteiger partial charge in [0.2, 0.25) is 0 Å². The van der Waals surface area contributed by atoms with Crippen molar-refractivity contribution < 1.29 is 18.9 Å². The summed E-state index contributed by atoms with van der Waals surface area (Å²) in [6.45, 7) is 2.48. The first-order valence-corrected chi connectivity index (χ1v) is 15.6. The summed E-state index contributed by atoms with van der Waals surface area (Å²) in [7, 11) is 0. The van der Waals surface area contributed by atoms with E-state index < -0.39 is 0 Å². The number of terminal acetylenes is 2. The van der Waals surface area contributed by atoms with Gasteiger partial charge in [-0.3, -0.25) is 20.0 Å². The molecule has 8 heteroatoms. The van der Waals surface area contributed by atoms with Gasteiger partial charge in [-0.25, -0.2) is 0 Å². The number of hydrogen-bond donors (Lipinski definition) is 0. The minimum atomic E-state index is -0.177. The van der Waals surface area contributed by atoms with E-state index in [0.717, 1.165) is 47.6 Å². The Balaban J connectivity index is 1.15. The average molecular weight is 629 g/mol. The van der Waals surface area contributed by atoms with E-state index in [1.807, 2.05) is 84.9 Å². The van der Waals surface area contributed by atoms with Crippen LogP contribution >= 0.6 is 0 Å². The number of pyridine rings is 2. The van der Waals surface area contributed by atoms with Gasteiger partial charge in [0.1, 0.15) is 24.7 Å². The molecular weight excluding hydrogens is 588 g/mol. The molecule has 0 bridgehead atoms. The molecule has 0 unspecified atom stereocenters. The summed E-state index contributed by atoms with van der Waals surface area (Å²) < 4.78 is 22.9. The third-order valence-electron chi connectivity index (χ3n) is 6.90. The Bertz CT molecular complexity index is 1600. The van der Waals surface area contributed by atoms with Gasteiger partial charge in [0.15, 0.2) is 0 Å². The highest BCUT2D eigenvalue weighted by Crippen LogP contribution is 2.20. The predicted octanol–water partition coefficient (Wildman–Crippen LogP) is 6.72. The lowest BCUT2D eigenvalue weighted by atomic mass is 10.1. The highest BCUT2D eigenvalue weighted by Gasteiger charge is 2.10. The van der Waals surface area contributed by atoms with Crippen LogP contribution in [0.1, 0.15) is 53.9 Å². The maximum absolute atomic E-state index is 5.96. The molecule has 2 atom stereocenters.